The van der Waals surface area contributed by atoms with Gasteiger partial charge in [-0.3, -0.25) is 4.90 Å². The van der Waals surface area contributed by atoms with Crippen molar-refractivity contribution in [3.05, 3.63) is 29.8 Å². The van der Waals surface area contributed by atoms with Gasteiger partial charge in [0.05, 0.1) is 12.2 Å². The van der Waals surface area contributed by atoms with Crippen LogP contribution in [0.2, 0.25) is 0 Å². The van der Waals surface area contributed by atoms with E-state index in [-0.39, 0.29) is 12.2 Å². The zero-order valence-electron chi connectivity index (χ0n) is 15.2. The second-order valence-corrected chi connectivity index (χ2v) is 7.42. The molecule has 1 aliphatic heterocycles. The van der Waals surface area contributed by atoms with E-state index in [9.17, 15) is 0 Å². The number of hydrogen-bond acceptors (Lipinski definition) is 4. The maximum atomic E-state index is 9.05. The molecule has 2 aliphatic rings. The molecule has 0 aromatic heterocycles. The van der Waals surface area contributed by atoms with Crippen molar-refractivity contribution >= 4 is 5.69 Å². The van der Waals surface area contributed by atoms with Crippen molar-refractivity contribution in [3.8, 4) is 0 Å². The van der Waals surface area contributed by atoms with Gasteiger partial charge in [-0.15, -0.1) is 0 Å². The molecule has 1 aromatic rings. The van der Waals surface area contributed by atoms with Crippen LogP contribution >= 0.6 is 0 Å². The third kappa shape index (κ3) is 4.71. The molecule has 1 aromatic carbocycles. The number of aliphatic hydroxyl groups excluding tert-OH is 1. The smallest absolute Gasteiger partial charge is 0.0726 e. The number of aliphatic hydroxyl groups is 1. The van der Waals surface area contributed by atoms with Gasteiger partial charge in [-0.05, 0) is 57.7 Å². The molecule has 1 N–H and O–H groups in total. The molecule has 24 heavy (non-hydrogen) atoms. The Morgan fingerprint density at radius 2 is 1.83 bits per heavy atom. The molecule has 1 aliphatic carbocycles. The molecular formula is C20H32N2O2. The molecule has 1 saturated carbocycles. The molecule has 2 atom stereocenters. The van der Waals surface area contributed by atoms with Gasteiger partial charge in [0, 0.05) is 38.0 Å². The first kappa shape index (κ1) is 17.7. The fourth-order valence-corrected chi connectivity index (χ4v) is 3.80. The molecular weight excluding hydrogens is 300 g/mol. The van der Waals surface area contributed by atoms with Gasteiger partial charge in [-0.2, -0.15) is 0 Å². The lowest BCUT2D eigenvalue weighted by Crippen LogP contribution is -2.46. The van der Waals surface area contributed by atoms with Gasteiger partial charge in [0.25, 0.3) is 0 Å². The molecule has 2 fully saturated rings. The summed E-state index contributed by atoms with van der Waals surface area (Å²) in [6.45, 7) is 8.68. The minimum Gasteiger partial charge on any atom is -0.396 e. The maximum Gasteiger partial charge on any atom is 0.0726 e. The predicted octanol–water partition coefficient (Wildman–Crippen LogP) is 3.04. The molecule has 134 valence electrons. The summed E-state index contributed by atoms with van der Waals surface area (Å²) in [7, 11) is 0. The van der Waals surface area contributed by atoms with Crippen molar-refractivity contribution in [2.24, 2.45) is 0 Å². The first-order valence-electron chi connectivity index (χ1n) is 9.50. The van der Waals surface area contributed by atoms with E-state index in [1.54, 1.807) is 0 Å². The van der Waals surface area contributed by atoms with Crippen LogP contribution in [0.15, 0.2) is 24.3 Å². The van der Waals surface area contributed by atoms with E-state index in [1.165, 1.54) is 24.1 Å². The molecule has 1 saturated heterocycles. The lowest BCUT2D eigenvalue weighted by atomic mass is 10.1. The number of unbranched alkanes of at least 4 members (excludes halogenated alkanes) is 1. The lowest BCUT2D eigenvalue weighted by molar-refractivity contribution is -0.00529. The zero-order chi connectivity index (χ0) is 16.9. The van der Waals surface area contributed by atoms with Crippen LogP contribution in [0.25, 0.3) is 0 Å². The van der Waals surface area contributed by atoms with Crippen LogP contribution in [0, 0.1) is 0 Å². The standard InChI is InChI=1S/C20H32N2O2/c1-16-13-22(14-17(2)24-16)20-8-4-3-7-18(20)15-21(19-9-10-19)11-5-6-12-23/h3-4,7-8,16-17,19,23H,5-6,9-15H2,1-2H3. The second-order valence-electron chi connectivity index (χ2n) is 7.42. The quantitative estimate of drug-likeness (QED) is 0.742. The Kier molecular flexibility index (Phi) is 6.14. The van der Waals surface area contributed by atoms with Crippen molar-refractivity contribution in [2.75, 3.05) is 31.1 Å². The molecule has 0 radical (unpaired) electrons. The highest BCUT2D eigenvalue weighted by Gasteiger charge is 2.30. The normalized spacial score (nSPS) is 24.6. The molecule has 4 nitrogen and oxygen atoms in total. The second kappa shape index (κ2) is 8.32. The molecule has 0 bridgehead atoms. The Hall–Kier alpha value is -1.10. The van der Waals surface area contributed by atoms with Gasteiger partial charge in [-0.1, -0.05) is 18.2 Å². The van der Waals surface area contributed by atoms with Crippen LogP contribution in [0.4, 0.5) is 5.69 Å². The van der Waals surface area contributed by atoms with Gasteiger partial charge >= 0.3 is 0 Å². The summed E-state index contributed by atoms with van der Waals surface area (Å²) in [6, 6.07) is 9.60. The third-order valence-electron chi connectivity index (χ3n) is 5.04. The van der Waals surface area contributed by atoms with E-state index in [2.05, 4.69) is 47.9 Å². The van der Waals surface area contributed by atoms with Gasteiger partial charge in [0.2, 0.25) is 0 Å². The number of anilines is 1. The Bertz CT molecular complexity index is 508. The van der Waals surface area contributed by atoms with Crippen molar-refractivity contribution in [3.63, 3.8) is 0 Å². The van der Waals surface area contributed by atoms with Crippen molar-refractivity contribution in [1.82, 2.24) is 4.90 Å². The van der Waals surface area contributed by atoms with Crippen LogP contribution < -0.4 is 4.90 Å². The van der Waals surface area contributed by atoms with E-state index in [4.69, 9.17) is 9.84 Å². The number of benzene rings is 1. The summed E-state index contributed by atoms with van der Waals surface area (Å²) in [4.78, 5) is 5.11. The summed E-state index contributed by atoms with van der Waals surface area (Å²) in [6.07, 6.45) is 5.21. The summed E-state index contributed by atoms with van der Waals surface area (Å²) < 4.78 is 5.90. The zero-order valence-corrected chi connectivity index (χ0v) is 15.2. The van der Waals surface area contributed by atoms with Gasteiger partial charge in [-0.25, -0.2) is 0 Å². The molecule has 0 spiro atoms. The molecule has 0 amide bonds. The molecule has 2 unspecified atom stereocenters. The number of para-hydroxylation sites is 1. The maximum absolute atomic E-state index is 9.05. The minimum absolute atomic E-state index is 0.283. The van der Waals surface area contributed by atoms with E-state index in [1.807, 2.05) is 0 Å². The molecule has 4 heteroatoms. The Balaban J connectivity index is 1.70. The van der Waals surface area contributed by atoms with E-state index in [0.29, 0.717) is 6.61 Å². The third-order valence-corrected chi connectivity index (χ3v) is 5.04. The summed E-state index contributed by atoms with van der Waals surface area (Å²) in [5.74, 6) is 0. The van der Waals surface area contributed by atoms with Gasteiger partial charge in [0.1, 0.15) is 0 Å². The van der Waals surface area contributed by atoms with Crippen LogP contribution in [0.1, 0.15) is 45.1 Å². The van der Waals surface area contributed by atoms with Gasteiger partial charge < -0.3 is 14.7 Å². The monoisotopic (exact) mass is 332 g/mol. The van der Waals surface area contributed by atoms with Crippen molar-refractivity contribution < 1.29 is 9.84 Å². The minimum atomic E-state index is 0.283. The average molecular weight is 332 g/mol. The number of rotatable bonds is 8. The van der Waals surface area contributed by atoms with Crippen LogP contribution in [-0.4, -0.2) is 54.5 Å². The Morgan fingerprint density at radius 1 is 1.12 bits per heavy atom. The number of hydrogen-bond donors (Lipinski definition) is 1. The topological polar surface area (TPSA) is 35.9 Å². The number of nitrogens with zero attached hydrogens (tertiary/aromatic N) is 2. The lowest BCUT2D eigenvalue weighted by Gasteiger charge is -2.38. The Morgan fingerprint density at radius 3 is 2.50 bits per heavy atom. The fraction of sp³-hybridized carbons (Fsp3) is 0.700. The first-order valence-corrected chi connectivity index (χ1v) is 9.50. The largest absolute Gasteiger partial charge is 0.396 e. The van der Waals surface area contributed by atoms with Crippen LogP contribution in [0.3, 0.4) is 0 Å². The summed E-state index contributed by atoms with van der Waals surface area (Å²) >= 11 is 0. The number of morpholine rings is 1. The van der Waals surface area contributed by atoms with Crippen molar-refractivity contribution in [2.45, 2.75) is 64.3 Å². The van der Waals surface area contributed by atoms with E-state index < -0.39 is 0 Å². The SMILES string of the molecule is CC1CN(c2ccccc2CN(CCCCO)C2CC2)CC(C)O1. The Labute approximate surface area is 146 Å². The summed E-state index contributed by atoms with van der Waals surface area (Å²) in [5, 5.41) is 9.05. The average Bonchev–Trinajstić information content (AvgIpc) is 3.38. The number of ether oxygens (including phenoxy) is 1. The van der Waals surface area contributed by atoms with E-state index in [0.717, 1.165) is 45.1 Å². The highest BCUT2D eigenvalue weighted by atomic mass is 16.5. The fourth-order valence-electron chi connectivity index (χ4n) is 3.80. The van der Waals surface area contributed by atoms with Crippen LogP contribution in [0.5, 0.6) is 0 Å². The van der Waals surface area contributed by atoms with Crippen LogP contribution in [-0.2, 0) is 11.3 Å². The first-order chi connectivity index (χ1) is 11.7. The highest BCUT2D eigenvalue weighted by Crippen LogP contribution is 2.31. The van der Waals surface area contributed by atoms with Crippen molar-refractivity contribution in [1.29, 1.82) is 0 Å². The van der Waals surface area contributed by atoms with E-state index >= 15 is 0 Å². The molecule has 1 heterocycles. The predicted molar refractivity (Wildman–Crippen MR) is 98.4 cm³/mol. The molecule has 3 rings (SSSR count). The summed E-state index contributed by atoms with van der Waals surface area (Å²) in [5.41, 5.74) is 2.79. The van der Waals surface area contributed by atoms with Gasteiger partial charge in [0.15, 0.2) is 0 Å². The highest BCUT2D eigenvalue weighted by molar-refractivity contribution is 5.54.